The number of carbonyl (C=O) groups is 2. The second-order valence-electron chi connectivity index (χ2n) is 8.73. The minimum Gasteiger partial charge on any atom is -0.507 e. The highest BCUT2D eigenvalue weighted by Crippen LogP contribution is 2.40. The van der Waals surface area contributed by atoms with E-state index < -0.39 is 23.5 Å². The van der Waals surface area contributed by atoms with Gasteiger partial charge in [0.1, 0.15) is 17.3 Å². The Morgan fingerprint density at radius 2 is 1.86 bits per heavy atom. The van der Waals surface area contributed by atoms with Gasteiger partial charge in [-0.3, -0.25) is 14.5 Å². The first-order valence-electron chi connectivity index (χ1n) is 12.1. The molecule has 2 fully saturated rings. The molecule has 2 aromatic carbocycles. The Balaban J connectivity index is 1.67. The van der Waals surface area contributed by atoms with Gasteiger partial charge < -0.3 is 19.5 Å². The summed E-state index contributed by atoms with van der Waals surface area (Å²) in [5.41, 5.74) is 0.953. The predicted molar refractivity (Wildman–Crippen MR) is 130 cm³/mol. The van der Waals surface area contributed by atoms with Gasteiger partial charge in [-0.05, 0) is 54.8 Å². The standard InChI is InChI=1S/C27H31FN2O5/c1-2-15-35-22-6-3-5-20(18-22)24-23(25(31)19-7-9-21(28)10-8-19)26(32)27(33)30(24)12-4-11-29-13-16-34-17-14-29/h3,5-10,18,24,31H,2,4,11-17H2,1H3/b25-23+/t24-/m1/s1. The largest absolute Gasteiger partial charge is 0.507 e. The molecule has 2 heterocycles. The van der Waals surface area contributed by atoms with E-state index in [1.165, 1.54) is 29.2 Å². The molecular formula is C27H31FN2O5. The number of carbonyl (C=O) groups excluding carboxylic acids is 2. The van der Waals surface area contributed by atoms with Crippen molar-refractivity contribution in [3.63, 3.8) is 0 Å². The maximum absolute atomic E-state index is 13.5. The number of nitrogens with zero attached hydrogens (tertiary/aromatic N) is 2. The SMILES string of the molecule is CCCOc1cccc([C@@H]2/C(=C(\O)c3ccc(F)cc3)C(=O)C(=O)N2CCCN2CCOCC2)c1. The van der Waals surface area contributed by atoms with E-state index in [0.717, 1.165) is 26.1 Å². The van der Waals surface area contributed by atoms with Crippen LogP contribution in [-0.2, 0) is 14.3 Å². The van der Waals surface area contributed by atoms with E-state index in [-0.39, 0.29) is 16.9 Å². The van der Waals surface area contributed by atoms with Crippen molar-refractivity contribution in [3.8, 4) is 5.75 Å². The summed E-state index contributed by atoms with van der Waals surface area (Å²) in [6, 6.07) is 11.7. The zero-order valence-electron chi connectivity index (χ0n) is 19.9. The van der Waals surface area contributed by atoms with Crippen LogP contribution < -0.4 is 4.74 Å². The average Bonchev–Trinajstić information content (AvgIpc) is 3.13. The van der Waals surface area contributed by atoms with Gasteiger partial charge >= 0.3 is 0 Å². The molecule has 4 rings (SSSR count). The number of hydrogen-bond acceptors (Lipinski definition) is 6. The maximum atomic E-state index is 13.5. The van der Waals surface area contributed by atoms with Gasteiger partial charge in [0.15, 0.2) is 0 Å². The van der Waals surface area contributed by atoms with Crippen molar-refractivity contribution < 1.29 is 28.6 Å². The molecule has 1 amide bonds. The zero-order chi connectivity index (χ0) is 24.8. The van der Waals surface area contributed by atoms with Crippen molar-refractivity contribution >= 4 is 17.4 Å². The highest BCUT2D eigenvalue weighted by Gasteiger charge is 2.46. The monoisotopic (exact) mass is 482 g/mol. The molecule has 0 spiro atoms. The number of halogens is 1. The summed E-state index contributed by atoms with van der Waals surface area (Å²) < 4.78 is 24.6. The summed E-state index contributed by atoms with van der Waals surface area (Å²) in [6.07, 6.45) is 1.51. The summed E-state index contributed by atoms with van der Waals surface area (Å²) in [7, 11) is 0. The normalized spacial score (nSPS) is 20.4. The van der Waals surface area contributed by atoms with Crippen molar-refractivity contribution in [1.29, 1.82) is 0 Å². The zero-order valence-corrected chi connectivity index (χ0v) is 19.9. The van der Waals surface area contributed by atoms with Gasteiger partial charge in [-0.1, -0.05) is 19.1 Å². The molecule has 2 aliphatic heterocycles. The molecule has 186 valence electrons. The molecule has 2 aliphatic rings. The number of Topliss-reactive ketones (excluding diaryl/α,β-unsaturated/α-hetero) is 1. The van der Waals surface area contributed by atoms with Gasteiger partial charge in [0, 0.05) is 31.7 Å². The molecule has 0 bridgehead atoms. The van der Waals surface area contributed by atoms with Gasteiger partial charge in [0.2, 0.25) is 0 Å². The van der Waals surface area contributed by atoms with Gasteiger partial charge in [-0.25, -0.2) is 4.39 Å². The molecule has 0 unspecified atom stereocenters. The van der Waals surface area contributed by atoms with Crippen molar-refractivity contribution in [2.45, 2.75) is 25.8 Å². The Morgan fingerprint density at radius 3 is 2.57 bits per heavy atom. The third-order valence-corrected chi connectivity index (χ3v) is 6.28. The third-order valence-electron chi connectivity index (χ3n) is 6.28. The lowest BCUT2D eigenvalue weighted by Crippen LogP contribution is -2.38. The Hall–Kier alpha value is -3.23. The van der Waals surface area contributed by atoms with E-state index in [4.69, 9.17) is 9.47 Å². The first-order chi connectivity index (χ1) is 17.0. The van der Waals surface area contributed by atoms with Gasteiger partial charge in [0.25, 0.3) is 11.7 Å². The number of hydrogen-bond donors (Lipinski definition) is 1. The number of rotatable bonds is 9. The molecule has 2 saturated heterocycles. The van der Waals surface area contributed by atoms with Crippen molar-refractivity contribution in [2.75, 3.05) is 46.0 Å². The number of aliphatic hydroxyl groups is 1. The lowest BCUT2D eigenvalue weighted by Gasteiger charge is -2.29. The van der Waals surface area contributed by atoms with E-state index in [9.17, 15) is 19.1 Å². The van der Waals surface area contributed by atoms with Crippen LogP contribution in [-0.4, -0.2) is 72.6 Å². The summed E-state index contributed by atoms with van der Waals surface area (Å²) in [4.78, 5) is 30.1. The van der Waals surface area contributed by atoms with E-state index in [0.29, 0.717) is 44.1 Å². The van der Waals surface area contributed by atoms with Crippen molar-refractivity contribution in [3.05, 3.63) is 71.0 Å². The number of amides is 1. The van der Waals surface area contributed by atoms with Crippen molar-refractivity contribution in [1.82, 2.24) is 9.80 Å². The van der Waals surface area contributed by atoms with Gasteiger partial charge in [-0.15, -0.1) is 0 Å². The Bertz CT molecular complexity index is 1080. The Labute approximate surface area is 204 Å². The smallest absolute Gasteiger partial charge is 0.295 e. The summed E-state index contributed by atoms with van der Waals surface area (Å²) in [5, 5.41) is 11.1. The van der Waals surface area contributed by atoms with E-state index in [1.54, 1.807) is 6.07 Å². The third kappa shape index (κ3) is 5.71. The molecule has 35 heavy (non-hydrogen) atoms. The fraction of sp³-hybridized carbons (Fsp3) is 0.407. The lowest BCUT2D eigenvalue weighted by atomic mass is 9.95. The molecular weight excluding hydrogens is 451 g/mol. The van der Waals surface area contributed by atoms with E-state index >= 15 is 0 Å². The number of morpholine rings is 1. The highest BCUT2D eigenvalue weighted by atomic mass is 19.1. The second kappa shape index (κ2) is 11.5. The number of aliphatic hydroxyl groups excluding tert-OH is 1. The van der Waals surface area contributed by atoms with Crippen molar-refractivity contribution in [2.24, 2.45) is 0 Å². The number of ether oxygens (including phenoxy) is 2. The summed E-state index contributed by atoms with van der Waals surface area (Å²) in [5.74, 6) is -1.54. The fourth-order valence-corrected chi connectivity index (χ4v) is 4.50. The molecule has 8 heteroatoms. The average molecular weight is 483 g/mol. The lowest BCUT2D eigenvalue weighted by molar-refractivity contribution is -0.140. The topological polar surface area (TPSA) is 79.3 Å². The van der Waals surface area contributed by atoms with Crippen LogP contribution in [0.5, 0.6) is 5.75 Å². The minimum absolute atomic E-state index is 0.000576. The molecule has 7 nitrogen and oxygen atoms in total. The van der Waals surface area contributed by atoms with Crippen LogP contribution in [0.2, 0.25) is 0 Å². The first kappa shape index (κ1) is 24.9. The second-order valence-corrected chi connectivity index (χ2v) is 8.73. The Kier molecular flexibility index (Phi) is 8.15. The van der Waals surface area contributed by atoms with Crippen LogP contribution in [0.4, 0.5) is 4.39 Å². The molecule has 0 aromatic heterocycles. The predicted octanol–water partition coefficient (Wildman–Crippen LogP) is 3.76. The van der Waals surface area contributed by atoms with E-state index in [1.807, 2.05) is 25.1 Å². The van der Waals surface area contributed by atoms with Crippen LogP contribution >= 0.6 is 0 Å². The molecule has 1 N–H and O–H groups in total. The molecule has 2 aromatic rings. The number of likely N-dealkylation sites (tertiary alicyclic amines) is 1. The van der Waals surface area contributed by atoms with E-state index in [2.05, 4.69) is 4.90 Å². The molecule has 1 atom stereocenters. The number of benzene rings is 2. The van der Waals surface area contributed by atoms with Crippen LogP contribution in [0.15, 0.2) is 54.1 Å². The highest BCUT2D eigenvalue weighted by molar-refractivity contribution is 6.46. The Morgan fingerprint density at radius 1 is 1.11 bits per heavy atom. The first-order valence-corrected chi connectivity index (χ1v) is 12.1. The van der Waals surface area contributed by atoms with Gasteiger partial charge in [-0.2, -0.15) is 0 Å². The summed E-state index contributed by atoms with van der Waals surface area (Å²) in [6.45, 7) is 6.73. The maximum Gasteiger partial charge on any atom is 0.295 e. The fourth-order valence-electron chi connectivity index (χ4n) is 4.50. The molecule has 0 aliphatic carbocycles. The molecule has 0 radical (unpaired) electrons. The van der Waals surface area contributed by atoms with Crippen LogP contribution in [0.3, 0.4) is 0 Å². The van der Waals surface area contributed by atoms with Crippen LogP contribution in [0, 0.1) is 5.82 Å². The van der Waals surface area contributed by atoms with Gasteiger partial charge in [0.05, 0.1) is 31.4 Å². The van der Waals surface area contributed by atoms with Crippen LogP contribution in [0.25, 0.3) is 5.76 Å². The quantitative estimate of drug-likeness (QED) is 0.333. The minimum atomic E-state index is -0.769. The number of ketones is 1. The van der Waals surface area contributed by atoms with Crippen LogP contribution in [0.1, 0.15) is 36.9 Å². The molecule has 0 saturated carbocycles. The summed E-state index contributed by atoms with van der Waals surface area (Å²) >= 11 is 0.